The Morgan fingerprint density at radius 1 is 0.963 bits per heavy atom. The summed E-state index contributed by atoms with van der Waals surface area (Å²) in [5.74, 6) is -1.33. The first kappa shape index (κ1) is 20.6. The second-order valence-corrected chi connectivity index (χ2v) is 6.31. The number of nitrogens with one attached hydrogen (secondary N) is 2. The second kappa shape index (κ2) is 8.30. The van der Waals surface area contributed by atoms with Crippen molar-refractivity contribution in [3.05, 3.63) is 53.1 Å². The summed E-state index contributed by atoms with van der Waals surface area (Å²) in [6.45, 7) is 0. The van der Waals surface area contributed by atoms with Gasteiger partial charge in [-0.25, -0.2) is 0 Å². The molecule has 5 nitrogen and oxygen atoms in total. The zero-order chi connectivity index (χ0) is 20.2. The number of amides is 2. The molecular formula is C18H17ClF3N3O2. The minimum absolute atomic E-state index is 0.0974. The number of rotatable bonds is 5. The van der Waals surface area contributed by atoms with Crippen LogP contribution in [0.3, 0.4) is 0 Å². The van der Waals surface area contributed by atoms with Crippen molar-refractivity contribution in [2.24, 2.45) is 0 Å². The van der Waals surface area contributed by atoms with Crippen LogP contribution >= 0.6 is 11.6 Å². The number of hydrogen-bond donors (Lipinski definition) is 2. The van der Waals surface area contributed by atoms with Crippen molar-refractivity contribution in [1.82, 2.24) is 0 Å². The Labute approximate surface area is 159 Å². The molecule has 2 amide bonds. The van der Waals surface area contributed by atoms with Crippen LogP contribution in [0.5, 0.6) is 0 Å². The number of alkyl halides is 3. The number of anilines is 3. The van der Waals surface area contributed by atoms with E-state index in [9.17, 15) is 22.8 Å². The van der Waals surface area contributed by atoms with Gasteiger partial charge in [-0.1, -0.05) is 11.6 Å². The molecule has 2 N–H and O–H groups in total. The molecule has 0 radical (unpaired) electrons. The Bertz CT molecular complexity index is 837. The van der Waals surface area contributed by atoms with Crippen molar-refractivity contribution >= 4 is 40.5 Å². The van der Waals surface area contributed by atoms with Crippen LogP contribution in [0, 0.1) is 0 Å². The Morgan fingerprint density at radius 3 is 2.00 bits per heavy atom. The van der Waals surface area contributed by atoms with Gasteiger partial charge in [-0.3, -0.25) is 9.59 Å². The first-order valence-corrected chi connectivity index (χ1v) is 8.18. The van der Waals surface area contributed by atoms with Crippen LogP contribution in [0.2, 0.25) is 5.02 Å². The fraction of sp³-hybridized carbons (Fsp3) is 0.222. The molecule has 0 aliphatic heterocycles. The largest absolute Gasteiger partial charge is 0.417 e. The molecule has 2 aromatic rings. The number of benzene rings is 2. The molecule has 2 aromatic carbocycles. The first-order valence-electron chi connectivity index (χ1n) is 7.80. The van der Waals surface area contributed by atoms with Gasteiger partial charge in [-0.05, 0) is 42.5 Å². The number of nitrogens with zero attached hydrogens (tertiary/aromatic N) is 1. The monoisotopic (exact) mass is 399 g/mol. The van der Waals surface area contributed by atoms with Crippen molar-refractivity contribution in [2.75, 3.05) is 29.6 Å². The van der Waals surface area contributed by atoms with Gasteiger partial charge in [0.1, 0.15) is 6.42 Å². The number of carbonyl (C=O) groups excluding carboxylic acids is 2. The average molecular weight is 400 g/mol. The minimum atomic E-state index is -4.64. The highest BCUT2D eigenvalue weighted by atomic mass is 35.5. The van der Waals surface area contributed by atoms with Crippen molar-refractivity contribution in [3.8, 4) is 0 Å². The molecule has 0 aliphatic rings. The fourth-order valence-electron chi connectivity index (χ4n) is 2.22. The SMILES string of the molecule is CN(C)c1ccc(NC(=O)CC(=O)Nc2ccc(Cl)c(C(F)(F)F)c2)cc1. The molecule has 9 heteroatoms. The van der Waals surface area contributed by atoms with Gasteiger partial charge in [0, 0.05) is 31.2 Å². The minimum Gasteiger partial charge on any atom is -0.378 e. The van der Waals surface area contributed by atoms with Crippen LogP contribution in [0.15, 0.2) is 42.5 Å². The van der Waals surface area contributed by atoms with E-state index in [4.69, 9.17) is 11.6 Å². The summed E-state index contributed by atoms with van der Waals surface area (Å²) < 4.78 is 38.5. The van der Waals surface area contributed by atoms with E-state index in [1.807, 2.05) is 19.0 Å². The Balaban J connectivity index is 1.96. The predicted molar refractivity (Wildman–Crippen MR) is 99.1 cm³/mol. The van der Waals surface area contributed by atoms with E-state index in [0.717, 1.165) is 17.8 Å². The van der Waals surface area contributed by atoms with E-state index >= 15 is 0 Å². The quantitative estimate of drug-likeness (QED) is 0.733. The standard InChI is InChI=1S/C18H17ClF3N3O2/c1-25(2)13-6-3-11(4-7-13)23-16(26)10-17(27)24-12-5-8-15(19)14(9-12)18(20,21)22/h3-9H,10H2,1-2H3,(H,23,26)(H,24,27). The van der Waals surface area contributed by atoms with Crippen LogP contribution in [0.1, 0.15) is 12.0 Å². The lowest BCUT2D eigenvalue weighted by Crippen LogP contribution is -2.21. The van der Waals surface area contributed by atoms with E-state index in [-0.39, 0.29) is 5.69 Å². The van der Waals surface area contributed by atoms with E-state index in [1.54, 1.807) is 24.3 Å². The molecule has 0 saturated heterocycles. The lowest BCUT2D eigenvalue weighted by atomic mass is 10.2. The van der Waals surface area contributed by atoms with Gasteiger partial charge in [0.2, 0.25) is 11.8 Å². The highest BCUT2D eigenvalue weighted by molar-refractivity contribution is 6.31. The normalized spacial score (nSPS) is 11.0. The van der Waals surface area contributed by atoms with E-state index < -0.39 is 35.0 Å². The van der Waals surface area contributed by atoms with Gasteiger partial charge in [0.25, 0.3) is 0 Å². The molecule has 0 heterocycles. The van der Waals surface area contributed by atoms with E-state index in [2.05, 4.69) is 10.6 Å². The maximum absolute atomic E-state index is 12.8. The summed E-state index contributed by atoms with van der Waals surface area (Å²) in [6.07, 6.45) is -5.19. The highest BCUT2D eigenvalue weighted by Gasteiger charge is 2.33. The Kier molecular flexibility index (Phi) is 6.32. The molecule has 0 atom stereocenters. The van der Waals surface area contributed by atoms with Crippen molar-refractivity contribution in [3.63, 3.8) is 0 Å². The van der Waals surface area contributed by atoms with Crippen LogP contribution in [-0.4, -0.2) is 25.9 Å². The lowest BCUT2D eigenvalue weighted by molar-refractivity contribution is -0.137. The van der Waals surface area contributed by atoms with Gasteiger partial charge in [-0.2, -0.15) is 13.2 Å². The topological polar surface area (TPSA) is 61.4 Å². The summed E-state index contributed by atoms with van der Waals surface area (Å²) >= 11 is 5.52. The fourth-order valence-corrected chi connectivity index (χ4v) is 2.44. The molecule has 27 heavy (non-hydrogen) atoms. The first-order chi connectivity index (χ1) is 12.6. The van der Waals surface area contributed by atoms with Crippen LogP contribution in [0.25, 0.3) is 0 Å². The third kappa shape index (κ3) is 5.89. The summed E-state index contributed by atoms with van der Waals surface area (Å²) in [6, 6.07) is 9.93. The van der Waals surface area contributed by atoms with Gasteiger partial charge >= 0.3 is 6.18 Å². The third-order valence-corrected chi connectivity index (χ3v) is 3.87. The van der Waals surface area contributed by atoms with Gasteiger partial charge in [0.15, 0.2) is 0 Å². The molecule has 144 valence electrons. The Hall–Kier alpha value is -2.74. The summed E-state index contributed by atoms with van der Waals surface area (Å²) in [4.78, 5) is 25.7. The molecule has 0 bridgehead atoms. The number of hydrogen-bond acceptors (Lipinski definition) is 3. The Morgan fingerprint density at radius 2 is 1.48 bits per heavy atom. The number of halogens is 4. The maximum Gasteiger partial charge on any atom is 0.417 e. The summed E-state index contributed by atoms with van der Waals surface area (Å²) in [5, 5.41) is 4.33. The predicted octanol–water partition coefficient (Wildman–Crippen LogP) is 4.39. The second-order valence-electron chi connectivity index (χ2n) is 5.91. The van der Waals surface area contributed by atoms with Crippen molar-refractivity contribution in [1.29, 1.82) is 0 Å². The smallest absolute Gasteiger partial charge is 0.378 e. The molecule has 0 aliphatic carbocycles. The van der Waals surface area contributed by atoms with Crippen LogP contribution in [-0.2, 0) is 15.8 Å². The van der Waals surface area contributed by atoms with Crippen molar-refractivity contribution < 1.29 is 22.8 Å². The molecule has 0 spiro atoms. The number of carbonyl (C=O) groups is 2. The average Bonchev–Trinajstić information content (AvgIpc) is 2.55. The van der Waals surface area contributed by atoms with E-state index in [1.165, 1.54) is 6.07 Å². The molecule has 0 saturated carbocycles. The highest BCUT2D eigenvalue weighted by Crippen LogP contribution is 2.36. The lowest BCUT2D eigenvalue weighted by Gasteiger charge is -2.13. The molecule has 0 unspecified atom stereocenters. The molecular weight excluding hydrogens is 383 g/mol. The molecule has 0 fully saturated rings. The molecule has 2 rings (SSSR count). The summed E-state index contributed by atoms with van der Waals surface area (Å²) in [5.41, 5.74) is 0.283. The maximum atomic E-state index is 12.8. The van der Waals surface area contributed by atoms with Gasteiger partial charge in [-0.15, -0.1) is 0 Å². The van der Waals surface area contributed by atoms with E-state index in [0.29, 0.717) is 5.69 Å². The van der Waals surface area contributed by atoms with Crippen LogP contribution in [0.4, 0.5) is 30.2 Å². The van der Waals surface area contributed by atoms with Gasteiger partial charge < -0.3 is 15.5 Å². The summed E-state index contributed by atoms with van der Waals surface area (Å²) in [7, 11) is 3.75. The van der Waals surface area contributed by atoms with Crippen molar-refractivity contribution in [2.45, 2.75) is 12.6 Å². The van der Waals surface area contributed by atoms with Gasteiger partial charge in [0.05, 0.1) is 10.6 Å². The third-order valence-electron chi connectivity index (χ3n) is 3.54. The molecule has 0 aromatic heterocycles. The zero-order valence-electron chi connectivity index (χ0n) is 14.5. The van der Waals surface area contributed by atoms with Crippen LogP contribution < -0.4 is 15.5 Å². The zero-order valence-corrected chi connectivity index (χ0v) is 15.3.